The van der Waals surface area contributed by atoms with Crippen LogP contribution in [-0.2, 0) is 7.05 Å². The normalized spacial score (nSPS) is 11.2. The van der Waals surface area contributed by atoms with Crippen LogP contribution in [-0.4, -0.2) is 29.7 Å². The molecule has 8 aromatic rings. The third kappa shape index (κ3) is 8.18. The number of pyridine rings is 4. The van der Waals surface area contributed by atoms with E-state index in [0.717, 1.165) is 22.5 Å². The third-order valence-electron chi connectivity index (χ3n) is 9.14. The van der Waals surface area contributed by atoms with Crippen molar-refractivity contribution in [3.8, 4) is 22.5 Å². The summed E-state index contributed by atoms with van der Waals surface area (Å²) in [6.45, 7) is 13.3. The lowest BCUT2D eigenvalue weighted by molar-refractivity contribution is 0.768. The summed E-state index contributed by atoms with van der Waals surface area (Å²) in [6.07, 6.45) is 15.2. The van der Waals surface area contributed by atoms with Gasteiger partial charge in [-0.25, -0.2) is 0 Å². The van der Waals surface area contributed by atoms with Crippen LogP contribution >= 0.6 is 0 Å². The van der Waals surface area contributed by atoms with Gasteiger partial charge in [0, 0.05) is 77.7 Å². The van der Waals surface area contributed by atoms with Crippen LogP contribution in [0.5, 0.6) is 0 Å². The van der Waals surface area contributed by atoms with Gasteiger partial charge < -0.3 is 0 Å². The molecule has 0 aliphatic carbocycles. The van der Waals surface area contributed by atoms with Gasteiger partial charge in [0.2, 0.25) is 0 Å². The molecule has 0 aliphatic rings. The molecule has 256 valence electrons. The van der Waals surface area contributed by atoms with E-state index in [0.29, 0.717) is 17.8 Å². The van der Waals surface area contributed by atoms with E-state index in [1.54, 1.807) is 10.9 Å². The van der Waals surface area contributed by atoms with E-state index in [9.17, 15) is 0 Å². The maximum atomic E-state index is 4.58. The van der Waals surface area contributed by atoms with Crippen LogP contribution in [0.25, 0.3) is 54.8 Å². The van der Waals surface area contributed by atoms with Gasteiger partial charge in [-0.15, -0.1) is 0 Å². The summed E-state index contributed by atoms with van der Waals surface area (Å²) >= 11 is 0. The van der Waals surface area contributed by atoms with Crippen LogP contribution in [0.4, 0.5) is 0 Å². The van der Waals surface area contributed by atoms with Crippen LogP contribution in [0.1, 0.15) is 76.0 Å². The van der Waals surface area contributed by atoms with Crippen LogP contribution in [0.2, 0.25) is 0 Å². The Labute approximate surface area is 301 Å². The molecule has 0 radical (unpaired) electrons. The molecule has 6 heteroatoms. The Bertz CT molecular complexity index is 2370. The predicted molar refractivity (Wildman–Crippen MR) is 213 cm³/mol. The maximum absolute atomic E-state index is 4.58. The highest BCUT2D eigenvalue weighted by molar-refractivity contribution is 5.89. The van der Waals surface area contributed by atoms with E-state index >= 15 is 0 Å². The topological polar surface area (TPSA) is 69.4 Å². The summed E-state index contributed by atoms with van der Waals surface area (Å²) in [5.41, 5.74) is 8.14. The van der Waals surface area contributed by atoms with Gasteiger partial charge >= 0.3 is 0 Å². The van der Waals surface area contributed by atoms with Gasteiger partial charge in [0.05, 0.1) is 17.6 Å². The van der Waals surface area contributed by atoms with Crippen molar-refractivity contribution in [3.05, 3.63) is 151 Å². The van der Waals surface area contributed by atoms with Crippen LogP contribution in [0.3, 0.4) is 0 Å². The molecule has 5 aromatic heterocycles. The van der Waals surface area contributed by atoms with Gasteiger partial charge in [0.15, 0.2) is 0 Å². The van der Waals surface area contributed by atoms with E-state index in [4.69, 9.17) is 0 Å². The van der Waals surface area contributed by atoms with E-state index in [2.05, 4.69) is 139 Å². The smallest absolute Gasteiger partial charge is 0.0739 e. The SMILES string of the molecule is CC(C)c1cccc2cc(-c3cccnc3)ncc12.CC(C)c1cccc2cc(-c3cnn(C)c3)ncc12.CC(C)c1cccc2ccncc12. The zero-order chi connectivity index (χ0) is 35.9. The molecule has 5 heterocycles. The number of fused-ring (bicyclic) bond motifs is 3. The number of hydrogen-bond donors (Lipinski definition) is 0. The Kier molecular flexibility index (Phi) is 10.9. The lowest BCUT2D eigenvalue weighted by Gasteiger charge is -2.10. The van der Waals surface area contributed by atoms with Gasteiger partial charge in [-0.2, -0.15) is 5.10 Å². The summed E-state index contributed by atoms with van der Waals surface area (Å²) < 4.78 is 1.80. The van der Waals surface area contributed by atoms with Crippen LogP contribution in [0.15, 0.2) is 135 Å². The fraction of sp³-hybridized carbons (Fsp3) is 0.222. The van der Waals surface area contributed by atoms with E-state index in [1.807, 2.05) is 62.6 Å². The van der Waals surface area contributed by atoms with Gasteiger partial charge in [0.25, 0.3) is 0 Å². The molecule has 0 bridgehead atoms. The molecule has 0 saturated carbocycles. The Hall–Kier alpha value is -5.75. The summed E-state index contributed by atoms with van der Waals surface area (Å²) in [6, 6.07) is 29.6. The molecule has 3 aromatic carbocycles. The van der Waals surface area contributed by atoms with Gasteiger partial charge in [-0.05, 0) is 80.9 Å². The maximum Gasteiger partial charge on any atom is 0.0739 e. The zero-order valence-corrected chi connectivity index (χ0v) is 30.6. The Morgan fingerprint density at radius 3 is 1.47 bits per heavy atom. The van der Waals surface area contributed by atoms with Crippen LogP contribution < -0.4 is 0 Å². The molecule has 8 rings (SSSR count). The van der Waals surface area contributed by atoms with Crippen molar-refractivity contribution in [2.24, 2.45) is 7.05 Å². The van der Waals surface area contributed by atoms with Crippen molar-refractivity contribution in [1.82, 2.24) is 29.7 Å². The molecule has 0 aliphatic heterocycles. The number of benzene rings is 3. The summed E-state index contributed by atoms with van der Waals surface area (Å²) in [5, 5.41) is 11.7. The van der Waals surface area contributed by atoms with Crippen molar-refractivity contribution in [1.29, 1.82) is 0 Å². The highest BCUT2D eigenvalue weighted by Gasteiger charge is 2.09. The van der Waals surface area contributed by atoms with Crippen molar-refractivity contribution in [2.45, 2.75) is 59.3 Å². The van der Waals surface area contributed by atoms with E-state index in [-0.39, 0.29) is 0 Å². The lowest BCUT2D eigenvalue weighted by atomic mass is 9.97. The van der Waals surface area contributed by atoms with Crippen molar-refractivity contribution in [3.63, 3.8) is 0 Å². The molecule has 0 unspecified atom stereocenters. The first kappa shape index (κ1) is 35.1. The molecular weight excluding hydrogens is 625 g/mol. The summed E-state index contributed by atoms with van der Waals surface area (Å²) in [7, 11) is 1.92. The highest BCUT2D eigenvalue weighted by atomic mass is 15.2. The number of aromatic nitrogens is 6. The highest BCUT2D eigenvalue weighted by Crippen LogP contribution is 2.29. The van der Waals surface area contributed by atoms with Gasteiger partial charge in [-0.3, -0.25) is 24.6 Å². The minimum absolute atomic E-state index is 0.509. The quantitative estimate of drug-likeness (QED) is 0.182. The van der Waals surface area contributed by atoms with Crippen LogP contribution in [0, 0.1) is 0 Å². The first-order valence-corrected chi connectivity index (χ1v) is 17.7. The second kappa shape index (κ2) is 15.9. The molecule has 6 nitrogen and oxygen atoms in total. The molecule has 0 N–H and O–H groups in total. The lowest BCUT2D eigenvalue weighted by Crippen LogP contribution is -1.91. The third-order valence-corrected chi connectivity index (χ3v) is 9.14. The Morgan fingerprint density at radius 2 is 0.980 bits per heavy atom. The zero-order valence-electron chi connectivity index (χ0n) is 30.6. The van der Waals surface area contributed by atoms with Crippen molar-refractivity contribution < 1.29 is 0 Å². The number of rotatable bonds is 5. The standard InChI is InChI=1S/C17H16N2.C16H17N3.C12H13N/c1-12(2)15-7-3-5-13-9-17(19-11-16(13)15)14-6-4-8-18-10-14;1-11(2)14-6-4-5-12-7-16(17-9-15(12)14)13-8-18-19(3)10-13;1-9(2)11-5-3-4-10-6-7-13-8-12(10)11/h3-12H,1-2H3;4-11H,1-3H3;3-9H,1-2H3. The fourth-order valence-electron chi connectivity index (χ4n) is 6.42. The van der Waals surface area contributed by atoms with E-state index in [1.165, 1.54) is 49.0 Å². The van der Waals surface area contributed by atoms with Crippen molar-refractivity contribution in [2.75, 3.05) is 0 Å². The molecule has 0 fully saturated rings. The fourth-order valence-corrected chi connectivity index (χ4v) is 6.42. The second-order valence-corrected chi connectivity index (χ2v) is 13.8. The monoisotopic (exact) mass is 670 g/mol. The average Bonchev–Trinajstić information content (AvgIpc) is 3.60. The number of aryl methyl sites for hydroxylation is 1. The molecule has 51 heavy (non-hydrogen) atoms. The minimum atomic E-state index is 0.509. The Morgan fingerprint density at radius 1 is 0.471 bits per heavy atom. The molecular formula is C45H46N6. The van der Waals surface area contributed by atoms with E-state index < -0.39 is 0 Å². The first-order chi connectivity index (χ1) is 24.7. The Balaban J connectivity index is 0.000000134. The summed E-state index contributed by atoms with van der Waals surface area (Å²) in [4.78, 5) is 17.5. The van der Waals surface area contributed by atoms with Crippen molar-refractivity contribution >= 4 is 32.3 Å². The molecule has 0 atom stereocenters. The second-order valence-electron chi connectivity index (χ2n) is 13.8. The molecule has 0 spiro atoms. The number of nitrogens with zero attached hydrogens (tertiary/aromatic N) is 6. The summed E-state index contributed by atoms with van der Waals surface area (Å²) in [5.74, 6) is 1.58. The number of hydrogen-bond acceptors (Lipinski definition) is 5. The average molecular weight is 671 g/mol. The molecule has 0 saturated heterocycles. The predicted octanol–water partition coefficient (Wildman–Crippen LogP) is 11.5. The van der Waals surface area contributed by atoms with Gasteiger partial charge in [0.1, 0.15) is 0 Å². The molecule has 0 amide bonds. The first-order valence-electron chi connectivity index (χ1n) is 17.7. The van der Waals surface area contributed by atoms with Gasteiger partial charge in [-0.1, -0.05) is 96.1 Å². The minimum Gasteiger partial charge on any atom is -0.275 e. The largest absolute Gasteiger partial charge is 0.275 e.